The number of carbonyl (C=O) groups is 2. The maximum atomic E-state index is 12.5. The largest absolute Gasteiger partial charge is 0.384 e. The summed E-state index contributed by atoms with van der Waals surface area (Å²) in [5, 5.41) is 9.23. The van der Waals surface area contributed by atoms with Gasteiger partial charge in [-0.15, -0.1) is 0 Å². The van der Waals surface area contributed by atoms with Gasteiger partial charge in [0.15, 0.2) is 0 Å². The molecule has 0 spiro atoms. The van der Waals surface area contributed by atoms with Crippen LogP contribution in [0.5, 0.6) is 0 Å². The zero-order chi connectivity index (χ0) is 15.7. The summed E-state index contributed by atoms with van der Waals surface area (Å²) in [5.74, 6) is 4.43. The van der Waals surface area contributed by atoms with Gasteiger partial charge in [-0.1, -0.05) is 35.6 Å². The Morgan fingerprint density at radius 1 is 1.05 bits per heavy atom. The molecule has 0 aliphatic carbocycles. The fourth-order valence-electron chi connectivity index (χ4n) is 2.34. The molecule has 0 saturated heterocycles. The number of hydrogen-bond acceptors (Lipinski definition) is 3. The summed E-state index contributed by atoms with van der Waals surface area (Å²) in [6.45, 7) is -0.315. The smallest absolute Gasteiger partial charge is 0.266 e. The van der Waals surface area contributed by atoms with Crippen molar-refractivity contribution in [3.05, 3.63) is 64.2 Å². The first kappa shape index (κ1) is 14.3. The number of amides is 2. The Morgan fingerprint density at radius 3 is 2.27 bits per heavy atom. The molecule has 0 unspecified atom stereocenters. The Morgan fingerprint density at radius 2 is 1.68 bits per heavy atom. The highest BCUT2D eigenvalue weighted by molar-refractivity contribution is 6.36. The summed E-state index contributed by atoms with van der Waals surface area (Å²) >= 11 is 5.99. The maximum absolute atomic E-state index is 12.5. The van der Waals surface area contributed by atoms with E-state index in [1.165, 1.54) is 6.07 Å². The minimum atomic E-state index is -0.407. The molecule has 1 aliphatic heterocycles. The third-order valence-electron chi connectivity index (χ3n) is 3.30. The van der Waals surface area contributed by atoms with Crippen molar-refractivity contribution >= 4 is 29.1 Å². The molecule has 1 heterocycles. The second-order valence-corrected chi connectivity index (χ2v) is 5.05. The van der Waals surface area contributed by atoms with Crippen molar-refractivity contribution in [1.82, 2.24) is 0 Å². The molecule has 0 aromatic heterocycles. The first-order valence-corrected chi connectivity index (χ1v) is 6.88. The molecule has 5 heteroatoms. The van der Waals surface area contributed by atoms with Gasteiger partial charge in [0.2, 0.25) is 0 Å². The van der Waals surface area contributed by atoms with Crippen molar-refractivity contribution in [1.29, 1.82) is 0 Å². The van der Waals surface area contributed by atoms with Crippen LogP contribution in [0.25, 0.3) is 0 Å². The van der Waals surface area contributed by atoms with E-state index in [0.717, 1.165) is 4.90 Å². The molecule has 4 nitrogen and oxygen atoms in total. The number of nitrogens with zero attached hydrogens (tertiary/aromatic N) is 1. The van der Waals surface area contributed by atoms with Crippen molar-refractivity contribution in [2.45, 2.75) is 0 Å². The van der Waals surface area contributed by atoms with Gasteiger partial charge in [0, 0.05) is 10.6 Å². The van der Waals surface area contributed by atoms with Crippen LogP contribution in [-0.4, -0.2) is 23.5 Å². The molecule has 0 atom stereocenters. The number of anilines is 1. The van der Waals surface area contributed by atoms with E-state index in [1.807, 2.05) is 0 Å². The molecule has 3 rings (SSSR count). The van der Waals surface area contributed by atoms with E-state index in [1.54, 1.807) is 36.4 Å². The van der Waals surface area contributed by atoms with Crippen molar-refractivity contribution in [3.8, 4) is 11.8 Å². The van der Waals surface area contributed by atoms with Gasteiger partial charge in [-0.25, -0.2) is 4.90 Å². The zero-order valence-corrected chi connectivity index (χ0v) is 12.1. The highest BCUT2D eigenvalue weighted by atomic mass is 35.5. The monoisotopic (exact) mass is 311 g/mol. The van der Waals surface area contributed by atoms with E-state index in [2.05, 4.69) is 11.8 Å². The number of carbonyl (C=O) groups excluding carboxylic acids is 2. The van der Waals surface area contributed by atoms with Crippen LogP contribution >= 0.6 is 11.6 Å². The Balaban J connectivity index is 2.15. The quantitative estimate of drug-likeness (QED) is 0.650. The molecule has 2 aromatic carbocycles. The summed E-state index contributed by atoms with van der Waals surface area (Å²) in [7, 11) is 0. The number of benzene rings is 2. The fraction of sp³-hybridized carbons (Fsp3) is 0.0588. The number of hydrogen-bond donors (Lipinski definition) is 1. The van der Waals surface area contributed by atoms with Gasteiger partial charge >= 0.3 is 0 Å². The van der Waals surface area contributed by atoms with Crippen molar-refractivity contribution in [2.24, 2.45) is 0 Å². The molecule has 22 heavy (non-hydrogen) atoms. The highest BCUT2D eigenvalue weighted by Gasteiger charge is 2.37. The molecular weight excluding hydrogens is 302 g/mol. The van der Waals surface area contributed by atoms with Gasteiger partial charge in [-0.3, -0.25) is 9.59 Å². The predicted octanol–water partition coefficient (Wildman–Crippen LogP) is 2.48. The molecule has 0 bridgehead atoms. The standard InChI is InChI=1S/C17H10ClNO3/c18-12-8-7-11(4-3-9-20)15(10-12)19-16(21)13-5-1-2-6-14(13)17(19)22/h1-2,5-8,10,20H,9H2. The lowest BCUT2D eigenvalue weighted by Crippen LogP contribution is -2.30. The van der Waals surface area contributed by atoms with Gasteiger partial charge in [-0.05, 0) is 30.3 Å². The van der Waals surface area contributed by atoms with Gasteiger partial charge in [-0.2, -0.15) is 0 Å². The van der Waals surface area contributed by atoms with E-state index in [9.17, 15) is 9.59 Å². The number of aliphatic hydroxyl groups is 1. The summed E-state index contributed by atoms with van der Waals surface area (Å²) in [4.78, 5) is 26.1. The van der Waals surface area contributed by atoms with Gasteiger partial charge < -0.3 is 5.11 Å². The van der Waals surface area contributed by atoms with Crippen LogP contribution in [0.15, 0.2) is 42.5 Å². The lowest BCUT2D eigenvalue weighted by Gasteiger charge is -2.16. The maximum Gasteiger partial charge on any atom is 0.266 e. The van der Waals surface area contributed by atoms with Gasteiger partial charge in [0.1, 0.15) is 6.61 Å². The molecule has 2 amide bonds. The first-order chi connectivity index (χ1) is 10.6. The fourth-order valence-corrected chi connectivity index (χ4v) is 2.50. The third kappa shape index (κ3) is 2.27. The second kappa shape index (κ2) is 5.64. The van der Waals surface area contributed by atoms with E-state index < -0.39 is 11.8 Å². The molecule has 2 aromatic rings. The van der Waals surface area contributed by atoms with Crippen molar-refractivity contribution in [2.75, 3.05) is 11.5 Å². The van der Waals surface area contributed by atoms with Crippen LogP contribution in [0.1, 0.15) is 26.3 Å². The Kier molecular flexibility index (Phi) is 3.68. The Bertz CT molecular complexity index is 813. The third-order valence-corrected chi connectivity index (χ3v) is 3.53. The number of halogens is 1. The van der Waals surface area contributed by atoms with Crippen molar-refractivity contribution in [3.63, 3.8) is 0 Å². The van der Waals surface area contributed by atoms with E-state index in [-0.39, 0.29) is 6.61 Å². The summed E-state index contributed by atoms with van der Waals surface area (Å²) in [5.41, 5.74) is 1.48. The zero-order valence-electron chi connectivity index (χ0n) is 11.3. The molecule has 1 aliphatic rings. The van der Waals surface area contributed by atoms with Crippen LogP contribution in [0.4, 0.5) is 5.69 Å². The molecule has 0 fully saturated rings. The summed E-state index contributed by atoms with van der Waals surface area (Å²) < 4.78 is 0. The van der Waals surface area contributed by atoms with Gasteiger partial charge in [0.05, 0.1) is 16.8 Å². The van der Waals surface area contributed by atoms with Crippen LogP contribution in [0.3, 0.4) is 0 Å². The molecule has 0 saturated carbocycles. The van der Waals surface area contributed by atoms with Crippen molar-refractivity contribution < 1.29 is 14.7 Å². The number of rotatable bonds is 1. The molecule has 0 radical (unpaired) electrons. The van der Waals surface area contributed by atoms with E-state index in [0.29, 0.717) is 27.4 Å². The molecule has 1 N–H and O–H groups in total. The topological polar surface area (TPSA) is 57.6 Å². The second-order valence-electron chi connectivity index (χ2n) is 4.61. The SMILES string of the molecule is O=C1c2ccccc2C(=O)N1c1cc(Cl)ccc1C#CCO. The Labute approximate surface area is 131 Å². The van der Waals surface area contributed by atoms with Gasteiger partial charge in [0.25, 0.3) is 11.8 Å². The average molecular weight is 312 g/mol. The minimum Gasteiger partial charge on any atom is -0.384 e. The summed E-state index contributed by atoms with van der Waals surface area (Å²) in [6.07, 6.45) is 0. The normalized spacial score (nSPS) is 12.9. The summed E-state index contributed by atoms with van der Waals surface area (Å²) in [6, 6.07) is 11.4. The minimum absolute atomic E-state index is 0.315. The lowest BCUT2D eigenvalue weighted by atomic mass is 10.1. The van der Waals surface area contributed by atoms with Crippen LogP contribution in [-0.2, 0) is 0 Å². The number of fused-ring (bicyclic) bond motifs is 1. The van der Waals surface area contributed by atoms with E-state index in [4.69, 9.17) is 16.7 Å². The lowest BCUT2D eigenvalue weighted by molar-refractivity contribution is 0.0926. The van der Waals surface area contributed by atoms with Crippen LogP contribution in [0.2, 0.25) is 5.02 Å². The Hall–Kier alpha value is -2.61. The average Bonchev–Trinajstić information content (AvgIpc) is 2.78. The first-order valence-electron chi connectivity index (χ1n) is 6.50. The van der Waals surface area contributed by atoms with Crippen LogP contribution in [0, 0.1) is 11.8 Å². The van der Waals surface area contributed by atoms with E-state index >= 15 is 0 Å². The van der Waals surface area contributed by atoms with Crippen LogP contribution < -0.4 is 4.90 Å². The number of aliphatic hydroxyl groups excluding tert-OH is 1. The highest BCUT2D eigenvalue weighted by Crippen LogP contribution is 2.32. The molecule has 108 valence electrons. The molecular formula is C17H10ClNO3. The number of imide groups is 1. The predicted molar refractivity (Wildman–Crippen MR) is 83.0 cm³/mol.